The first-order valence-electron chi connectivity index (χ1n) is 6.02. The summed E-state index contributed by atoms with van der Waals surface area (Å²) >= 11 is 9.43. The molecule has 0 saturated carbocycles. The van der Waals surface area contributed by atoms with Crippen molar-refractivity contribution >= 4 is 27.5 Å². The summed E-state index contributed by atoms with van der Waals surface area (Å²) < 4.78 is 11.7. The first-order valence-corrected chi connectivity index (χ1v) is 7.19. The molecule has 98 valence electrons. The lowest BCUT2D eigenvalue weighted by molar-refractivity contribution is 0.262. The quantitative estimate of drug-likeness (QED) is 0.762. The van der Waals surface area contributed by atoms with Crippen LogP contribution in [0.2, 0.25) is 5.02 Å². The second-order valence-corrected chi connectivity index (χ2v) is 5.71. The van der Waals surface area contributed by atoms with Crippen LogP contribution in [0.15, 0.2) is 46.9 Å². The number of hydrogen-bond acceptors (Lipinski definition) is 2. The van der Waals surface area contributed by atoms with Crippen molar-refractivity contribution in [2.24, 2.45) is 0 Å². The predicted octanol–water partition coefficient (Wildman–Crippen LogP) is 4.55. The Bertz CT molecular complexity index is 579. The van der Waals surface area contributed by atoms with Gasteiger partial charge in [0.25, 0.3) is 0 Å². The van der Waals surface area contributed by atoms with E-state index >= 15 is 0 Å². The molecule has 1 fully saturated rings. The van der Waals surface area contributed by atoms with Crippen LogP contribution in [0.4, 0.5) is 0 Å². The van der Waals surface area contributed by atoms with Gasteiger partial charge in [-0.2, -0.15) is 0 Å². The van der Waals surface area contributed by atoms with Crippen molar-refractivity contribution in [3.05, 3.63) is 52.0 Å². The Morgan fingerprint density at radius 3 is 2.47 bits per heavy atom. The lowest BCUT2D eigenvalue weighted by Crippen LogP contribution is -2.04. The summed E-state index contributed by atoms with van der Waals surface area (Å²) in [5.74, 6) is 0.841. The lowest BCUT2D eigenvalue weighted by atomic mass is 10.1. The molecule has 1 heterocycles. The Morgan fingerprint density at radius 1 is 1.16 bits per heavy atom. The minimum absolute atomic E-state index is 0.267. The summed E-state index contributed by atoms with van der Waals surface area (Å²) in [4.78, 5) is 0. The number of halogens is 2. The molecule has 0 bridgehead atoms. The largest absolute Gasteiger partial charge is 0.490 e. The van der Waals surface area contributed by atoms with E-state index < -0.39 is 0 Å². The third-order valence-corrected chi connectivity index (χ3v) is 3.81. The van der Waals surface area contributed by atoms with Gasteiger partial charge in [-0.05, 0) is 51.3 Å². The van der Waals surface area contributed by atoms with Crippen LogP contribution in [0.5, 0.6) is 5.75 Å². The molecule has 1 atom stereocenters. The fraction of sp³-hybridized carbons (Fsp3) is 0.200. The maximum Gasteiger partial charge on any atom is 0.133 e. The minimum atomic E-state index is 0.267. The average Bonchev–Trinajstić information content (AvgIpc) is 3.22. The standard InChI is InChI=1S/C15H12BrClO2/c16-14-7-11(10-1-4-12(17)5-2-10)3-6-15(14)19-9-13-8-18-13/h1-7,13H,8-9H2. The number of benzene rings is 2. The smallest absolute Gasteiger partial charge is 0.133 e. The zero-order valence-electron chi connectivity index (χ0n) is 10.1. The van der Waals surface area contributed by atoms with Crippen LogP contribution >= 0.6 is 27.5 Å². The van der Waals surface area contributed by atoms with Crippen LogP contribution in [0.25, 0.3) is 11.1 Å². The topological polar surface area (TPSA) is 21.8 Å². The van der Waals surface area contributed by atoms with E-state index in [1.165, 1.54) is 0 Å². The molecule has 0 amide bonds. The van der Waals surface area contributed by atoms with Gasteiger partial charge in [0, 0.05) is 5.02 Å². The first kappa shape index (κ1) is 13.0. The molecule has 2 aromatic carbocycles. The van der Waals surface area contributed by atoms with Crippen LogP contribution in [-0.2, 0) is 4.74 Å². The van der Waals surface area contributed by atoms with Gasteiger partial charge in [-0.1, -0.05) is 29.8 Å². The molecule has 4 heteroatoms. The number of ether oxygens (including phenoxy) is 2. The van der Waals surface area contributed by atoms with E-state index in [1.807, 2.05) is 42.5 Å². The highest BCUT2D eigenvalue weighted by Crippen LogP contribution is 2.31. The van der Waals surface area contributed by atoms with Crippen molar-refractivity contribution in [1.82, 2.24) is 0 Å². The molecule has 1 unspecified atom stereocenters. The van der Waals surface area contributed by atoms with E-state index in [0.29, 0.717) is 6.61 Å². The fourth-order valence-electron chi connectivity index (χ4n) is 1.79. The highest BCUT2D eigenvalue weighted by Gasteiger charge is 2.23. The molecule has 1 aliphatic rings. The van der Waals surface area contributed by atoms with Gasteiger partial charge in [0.05, 0.1) is 11.1 Å². The summed E-state index contributed by atoms with van der Waals surface area (Å²) in [6.45, 7) is 1.42. The molecular weight excluding hydrogens is 328 g/mol. The van der Waals surface area contributed by atoms with Crippen LogP contribution < -0.4 is 4.74 Å². The number of epoxide rings is 1. The average molecular weight is 340 g/mol. The second-order valence-electron chi connectivity index (χ2n) is 4.42. The van der Waals surface area contributed by atoms with E-state index in [9.17, 15) is 0 Å². The van der Waals surface area contributed by atoms with Crippen LogP contribution in [0.1, 0.15) is 0 Å². The maximum atomic E-state index is 5.89. The predicted molar refractivity (Wildman–Crippen MR) is 79.8 cm³/mol. The van der Waals surface area contributed by atoms with Gasteiger partial charge < -0.3 is 9.47 Å². The summed E-state index contributed by atoms with van der Waals surface area (Å²) in [7, 11) is 0. The molecule has 0 radical (unpaired) electrons. The van der Waals surface area contributed by atoms with Crippen LogP contribution in [0.3, 0.4) is 0 Å². The summed E-state index contributed by atoms with van der Waals surface area (Å²) in [5.41, 5.74) is 2.25. The molecule has 2 nitrogen and oxygen atoms in total. The van der Waals surface area contributed by atoms with E-state index in [0.717, 1.165) is 33.0 Å². The lowest BCUT2D eigenvalue weighted by Gasteiger charge is -2.09. The molecule has 0 aliphatic carbocycles. The molecule has 1 aliphatic heterocycles. The molecule has 0 N–H and O–H groups in total. The minimum Gasteiger partial charge on any atom is -0.490 e. The highest BCUT2D eigenvalue weighted by molar-refractivity contribution is 9.10. The Labute approximate surface area is 125 Å². The summed E-state index contributed by atoms with van der Waals surface area (Å²) in [6, 6.07) is 13.8. The van der Waals surface area contributed by atoms with E-state index in [1.54, 1.807) is 0 Å². The Kier molecular flexibility index (Phi) is 3.78. The van der Waals surface area contributed by atoms with Gasteiger partial charge in [-0.3, -0.25) is 0 Å². The zero-order chi connectivity index (χ0) is 13.2. The third-order valence-electron chi connectivity index (χ3n) is 2.94. The van der Waals surface area contributed by atoms with Crippen LogP contribution in [0, 0.1) is 0 Å². The second kappa shape index (κ2) is 5.53. The molecule has 1 saturated heterocycles. The van der Waals surface area contributed by atoms with Gasteiger partial charge in [-0.25, -0.2) is 0 Å². The van der Waals surface area contributed by atoms with Gasteiger partial charge in [0.2, 0.25) is 0 Å². The maximum absolute atomic E-state index is 5.89. The van der Waals surface area contributed by atoms with Crippen LogP contribution in [-0.4, -0.2) is 19.3 Å². The molecule has 3 rings (SSSR count). The van der Waals surface area contributed by atoms with E-state index in [2.05, 4.69) is 15.9 Å². The van der Waals surface area contributed by atoms with Gasteiger partial charge in [0.15, 0.2) is 0 Å². The SMILES string of the molecule is Clc1ccc(-c2ccc(OCC3CO3)c(Br)c2)cc1. The highest BCUT2D eigenvalue weighted by atomic mass is 79.9. The third kappa shape index (κ3) is 3.30. The molecule has 0 spiro atoms. The van der Waals surface area contributed by atoms with Gasteiger partial charge >= 0.3 is 0 Å². The fourth-order valence-corrected chi connectivity index (χ4v) is 2.41. The molecule has 19 heavy (non-hydrogen) atoms. The first-order chi connectivity index (χ1) is 9.22. The van der Waals surface area contributed by atoms with Crippen molar-refractivity contribution in [3.8, 4) is 16.9 Å². The van der Waals surface area contributed by atoms with Gasteiger partial charge in [-0.15, -0.1) is 0 Å². The van der Waals surface area contributed by atoms with E-state index in [-0.39, 0.29) is 6.10 Å². The van der Waals surface area contributed by atoms with Crippen molar-refractivity contribution in [2.45, 2.75) is 6.10 Å². The summed E-state index contributed by atoms with van der Waals surface area (Å²) in [5, 5.41) is 0.743. The van der Waals surface area contributed by atoms with Crippen molar-refractivity contribution < 1.29 is 9.47 Å². The number of hydrogen-bond donors (Lipinski definition) is 0. The molecule has 2 aromatic rings. The van der Waals surface area contributed by atoms with E-state index in [4.69, 9.17) is 21.1 Å². The van der Waals surface area contributed by atoms with Gasteiger partial charge in [0.1, 0.15) is 18.5 Å². The van der Waals surface area contributed by atoms with Crippen molar-refractivity contribution in [2.75, 3.05) is 13.2 Å². The summed E-state index contributed by atoms with van der Waals surface area (Å²) in [6.07, 6.45) is 0.267. The number of rotatable bonds is 4. The van der Waals surface area contributed by atoms with Crippen molar-refractivity contribution in [3.63, 3.8) is 0 Å². The Morgan fingerprint density at radius 2 is 1.84 bits per heavy atom. The monoisotopic (exact) mass is 338 g/mol. The Hall–Kier alpha value is -1.03. The molecule has 0 aromatic heterocycles. The zero-order valence-corrected chi connectivity index (χ0v) is 12.4. The molecular formula is C15H12BrClO2. The Balaban J connectivity index is 1.79. The van der Waals surface area contributed by atoms with Crippen molar-refractivity contribution in [1.29, 1.82) is 0 Å². The normalized spacial score (nSPS) is 17.3.